The van der Waals surface area contributed by atoms with Crippen LogP contribution in [0.15, 0.2) is 46.6 Å². The van der Waals surface area contributed by atoms with Crippen LogP contribution in [0.3, 0.4) is 0 Å². The summed E-state index contributed by atoms with van der Waals surface area (Å²) >= 11 is 0. The zero-order valence-electron chi connectivity index (χ0n) is 18.0. The van der Waals surface area contributed by atoms with Crippen molar-refractivity contribution < 1.29 is 13.9 Å². The van der Waals surface area contributed by atoms with E-state index in [0.29, 0.717) is 6.61 Å². The van der Waals surface area contributed by atoms with E-state index in [1.807, 2.05) is 17.0 Å². The molecule has 1 fully saturated rings. The molecule has 1 aromatic carbocycles. The van der Waals surface area contributed by atoms with Gasteiger partial charge in [-0.25, -0.2) is 0 Å². The number of hydrogen-bond acceptors (Lipinski definition) is 5. The normalized spacial score (nSPS) is 18.6. The molecule has 3 heterocycles. The molecule has 0 bridgehead atoms. The number of fused-ring (bicyclic) bond motifs is 1. The van der Waals surface area contributed by atoms with Crippen LogP contribution in [0.2, 0.25) is 0 Å². The van der Waals surface area contributed by atoms with Crippen LogP contribution in [0.25, 0.3) is 6.08 Å². The number of rotatable bonds is 5. The highest BCUT2D eigenvalue weighted by Gasteiger charge is 2.20. The summed E-state index contributed by atoms with van der Waals surface area (Å²) in [6.45, 7) is 11.6. The van der Waals surface area contributed by atoms with Crippen LogP contribution in [0, 0.1) is 0 Å². The van der Waals surface area contributed by atoms with E-state index >= 15 is 0 Å². The maximum absolute atomic E-state index is 11.5. The molecule has 1 aromatic heterocycles. The van der Waals surface area contributed by atoms with E-state index in [9.17, 15) is 4.79 Å². The first kappa shape index (κ1) is 20.7. The Hall–Kier alpha value is -2.57. The van der Waals surface area contributed by atoms with Gasteiger partial charge in [-0.3, -0.25) is 14.6 Å². The number of hydrogen-bond donors (Lipinski definition) is 0. The first-order chi connectivity index (χ1) is 14.6. The Morgan fingerprint density at radius 2 is 1.90 bits per heavy atom. The molecule has 160 valence electrons. The second-order valence-corrected chi connectivity index (χ2v) is 8.29. The van der Waals surface area contributed by atoms with Gasteiger partial charge in [0.25, 0.3) is 0 Å². The lowest BCUT2D eigenvalue weighted by Gasteiger charge is -2.34. The average molecular weight is 410 g/mol. The summed E-state index contributed by atoms with van der Waals surface area (Å²) in [5.41, 5.74) is 3.82. The van der Waals surface area contributed by atoms with E-state index in [-0.39, 0.29) is 5.91 Å². The number of carbonyl (C=O) groups excluding carboxylic acids is 1. The Morgan fingerprint density at radius 1 is 1.07 bits per heavy atom. The van der Waals surface area contributed by atoms with Gasteiger partial charge in [0, 0.05) is 64.8 Å². The number of piperazine rings is 1. The van der Waals surface area contributed by atoms with Gasteiger partial charge in [0.05, 0.1) is 6.26 Å². The van der Waals surface area contributed by atoms with Gasteiger partial charge in [0.2, 0.25) is 5.91 Å². The highest BCUT2D eigenvalue weighted by molar-refractivity contribution is 5.73. The van der Waals surface area contributed by atoms with Gasteiger partial charge >= 0.3 is 0 Å². The minimum absolute atomic E-state index is 0.174. The molecule has 1 saturated heterocycles. The van der Waals surface area contributed by atoms with E-state index in [1.165, 1.54) is 16.7 Å². The quantitative estimate of drug-likeness (QED) is 0.759. The Balaban J connectivity index is 1.38. The summed E-state index contributed by atoms with van der Waals surface area (Å²) in [5, 5.41) is 0. The molecule has 1 amide bonds. The summed E-state index contributed by atoms with van der Waals surface area (Å²) < 4.78 is 11.5. The molecule has 2 aromatic rings. The van der Waals surface area contributed by atoms with Gasteiger partial charge in [0.1, 0.15) is 18.1 Å². The zero-order chi connectivity index (χ0) is 20.9. The fourth-order valence-corrected chi connectivity index (χ4v) is 4.23. The fraction of sp³-hybridized carbons (Fsp3) is 0.458. The molecule has 0 radical (unpaired) electrons. The van der Waals surface area contributed by atoms with Crippen molar-refractivity contribution in [3.05, 3.63) is 59.1 Å². The fourth-order valence-electron chi connectivity index (χ4n) is 4.23. The highest BCUT2D eigenvalue weighted by atomic mass is 16.5. The molecule has 0 spiro atoms. The lowest BCUT2D eigenvalue weighted by Crippen LogP contribution is -2.47. The SMILES string of the molecule is CC(=O)N1CCN(Cc2ccc3c(c2)CN(C/C(C)=C/c2ccco2)CCO3)CC1. The predicted molar refractivity (Wildman–Crippen MR) is 117 cm³/mol. The molecule has 2 aliphatic rings. The number of carbonyl (C=O) groups is 1. The van der Waals surface area contributed by atoms with Gasteiger partial charge in [-0.2, -0.15) is 0 Å². The second-order valence-electron chi connectivity index (χ2n) is 8.29. The smallest absolute Gasteiger partial charge is 0.219 e. The van der Waals surface area contributed by atoms with Crippen molar-refractivity contribution in [2.24, 2.45) is 0 Å². The van der Waals surface area contributed by atoms with E-state index in [1.54, 1.807) is 13.2 Å². The minimum Gasteiger partial charge on any atom is -0.492 e. The van der Waals surface area contributed by atoms with Crippen LogP contribution in [0.5, 0.6) is 5.75 Å². The summed E-state index contributed by atoms with van der Waals surface area (Å²) in [5.74, 6) is 2.06. The van der Waals surface area contributed by atoms with Gasteiger partial charge in [0.15, 0.2) is 0 Å². The maximum Gasteiger partial charge on any atom is 0.219 e. The zero-order valence-corrected chi connectivity index (χ0v) is 18.0. The molecular weight excluding hydrogens is 378 g/mol. The van der Waals surface area contributed by atoms with Crippen molar-refractivity contribution in [3.8, 4) is 5.75 Å². The summed E-state index contributed by atoms with van der Waals surface area (Å²) in [6.07, 6.45) is 3.81. The standard InChI is InChI=1S/C24H31N3O3/c1-19(14-23-4-3-12-29-23)16-26-11-13-30-24-6-5-21(15-22(24)18-26)17-25-7-9-27(10-8-25)20(2)28/h3-6,12,14-15H,7-11,13,16-18H2,1-2H3/b19-14+. The Kier molecular flexibility index (Phi) is 6.55. The number of furan rings is 1. The molecule has 0 N–H and O–H groups in total. The third kappa shape index (κ3) is 5.32. The summed E-state index contributed by atoms with van der Waals surface area (Å²) in [4.78, 5) is 18.3. The van der Waals surface area contributed by atoms with E-state index < -0.39 is 0 Å². The van der Waals surface area contributed by atoms with Crippen molar-refractivity contribution in [3.63, 3.8) is 0 Å². The maximum atomic E-state index is 11.5. The van der Waals surface area contributed by atoms with E-state index in [0.717, 1.165) is 63.9 Å². The van der Waals surface area contributed by atoms with Crippen molar-refractivity contribution in [1.82, 2.24) is 14.7 Å². The number of nitrogens with zero attached hydrogens (tertiary/aromatic N) is 3. The molecule has 30 heavy (non-hydrogen) atoms. The number of ether oxygens (including phenoxy) is 1. The van der Waals surface area contributed by atoms with Crippen LogP contribution in [-0.4, -0.2) is 66.5 Å². The third-order valence-corrected chi connectivity index (χ3v) is 5.81. The third-order valence-electron chi connectivity index (χ3n) is 5.81. The van der Waals surface area contributed by atoms with Crippen molar-refractivity contribution in [2.45, 2.75) is 26.9 Å². The van der Waals surface area contributed by atoms with Crippen LogP contribution in [0.4, 0.5) is 0 Å². The highest BCUT2D eigenvalue weighted by Crippen LogP contribution is 2.26. The van der Waals surface area contributed by atoms with Gasteiger partial charge < -0.3 is 14.1 Å². The van der Waals surface area contributed by atoms with E-state index in [2.05, 4.69) is 41.0 Å². The second kappa shape index (κ2) is 9.49. The Morgan fingerprint density at radius 3 is 2.63 bits per heavy atom. The molecule has 6 heteroatoms. The largest absolute Gasteiger partial charge is 0.492 e. The summed E-state index contributed by atoms with van der Waals surface area (Å²) in [7, 11) is 0. The van der Waals surface area contributed by atoms with Crippen LogP contribution in [0.1, 0.15) is 30.7 Å². The molecule has 2 aliphatic heterocycles. The Bertz CT molecular complexity index is 883. The molecule has 0 aliphatic carbocycles. The van der Waals surface area contributed by atoms with Crippen LogP contribution >= 0.6 is 0 Å². The predicted octanol–water partition coefficient (Wildman–Crippen LogP) is 3.24. The topological polar surface area (TPSA) is 49.2 Å². The molecule has 0 unspecified atom stereocenters. The molecule has 4 rings (SSSR count). The first-order valence-electron chi connectivity index (χ1n) is 10.7. The molecule has 0 atom stereocenters. The monoisotopic (exact) mass is 409 g/mol. The lowest BCUT2D eigenvalue weighted by molar-refractivity contribution is -0.130. The number of benzene rings is 1. The molecule has 0 saturated carbocycles. The van der Waals surface area contributed by atoms with Gasteiger partial charge in [-0.15, -0.1) is 0 Å². The van der Waals surface area contributed by atoms with Crippen LogP contribution < -0.4 is 4.74 Å². The average Bonchev–Trinajstić information content (AvgIpc) is 3.14. The molecular formula is C24H31N3O3. The Labute approximate surface area is 178 Å². The molecule has 6 nitrogen and oxygen atoms in total. The summed E-state index contributed by atoms with van der Waals surface area (Å²) in [6, 6.07) is 10.5. The van der Waals surface area contributed by atoms with Crippen LogP contribution in [-0.2, 0) is 17.9 Å². The van der Waals surface area contributed by atoms with Crippen molar-refractivity contribution in [1.29, 1.82) is 0 Å². The first-order valence-corrected chi connectivity index (χ1v) is 10.7. The van der Waals surface area contributed by atoms with E-state index in [4.69, 9.17) is 9.15 Å². The van der Waals surface area contributed by atoms with Gasteiger partial charge in [-0.05, 0) is 42.8 Å². The minimum atomic E-state index is 0.174. The lowest BCUT2D eigenvalue weighted by atomic mass is 10.1. The van der Waals surface area contributed by atoms with Gasteiger partial charge in [-0.1, -0.05) is 11.6 Å². The van der Waals surface area contributed by atoms with Crippen molar-refractivity contribution >= 4 is 12.0 Å². The number of amides is 1. The van der Waals surface area contributed by atoms with Crippen molar-refractivity contribution in [2.75, 3.05) is 45.9 Å².